The van der Waals surface area contributed by atoms with Crippen LogP contribution < -0.4 is 15.4 Å². The molecule has 3 aromatic carbocycles. The minimum Gasteiger partial charge on any atom is -0.459 e. The zero-order chi connectivity index (χ0) is 46.1. The van der Waals surface area contributed by atoms with Gasteiger partial charge in [-0.3, -0.25) is 20.2 Å². The summed E-state index contributed by atoms with van der Waals surface area (Å²) in [5, 5.41) is 4.91. The van der Waals surface area contributed by atoms with Gasteiger partial charge in [0.2, 0.25) is 11.9 Å². The average molecular weight is 865 g/mol. The van der Waals surface area contributed by atoms with Gasteiger partial charge >= 0.3 is 30.1 Å². The maximum atomic E-state index is 14.1. The van der Waals surface area contributed by atoms with Gasteiger partial charge in [-0.05, 0) is 150 Å². The summed E-state index contributed by atoms with van der Waals surface area (Å²) >= 11 is 6.68. The lowest BCUT2D eigenvalue weighted by atomic mass is 9.98. The third kappa shape index (κ3) is 17.7. The summed E-state index contributed by atoms with van der Waals surface area (Å²) in [7, 11) is 0. The normalized spacial score (nSPS) is 12.2. The van der Waals surface area contributed by atoms with E-state index >= 15 is 0 Å². The van der Waals surface area contributed by atoms with Gasteiger partial charge in [-0.2, -0.15) is 0 Å². The van der Waals surface area contributed by atoms with Crippen molar-refractivity contribution < 1.29 is 52.5 Å². The van der Waals surface area contributed by atoms with E-state index in [1.54, 1.807) is 120 Å². The highest BCUT2D eigenvalue weighted by molar-refractivity contribution is 6.31. The Hall–Kier alpha value is -5.96. The molecule has 3 amide bonds. The molecule has 0 saturated carbocycles. The summed E-state index contributed by atoms with van der Waals surface area (Å²) in [6.07, 6.45) is -1.74. The average Bonchev–Trinajstić information content (AvgIpc) is 3.08. The Bertz CT molecular complexity index is 2090. The number of ether oxygens (including phenoxy) is 5. The number of halogens is 1. The van der Waals surface area contributed by atoms with E-state index < -0.39 is 64.3 Å². The van der Waals surface area contributed by atoms with Gasteiger partial charge in [0.25, 0.3) is 0 Å². The molecule has 0 spiro atoms. The summed E-state index contributed by atoms with van der Waals surface area (Å²) in [4.78, 5) is 83.6. The summed E-state index contributed by atoms with van der Waals surface area (Å²) in [5.74, 6) is -3.38. The first kappa shape index (κ1) is 49.4. The van der Waals surface area contributed by atoms with Crippen LogP contribution in [0.1, 0.15) is 128 Å². The molecule has 61 heavy (non-hydrogen) atoms. The molecule has 0 radical (unpaired) electrons. The molecule has 16 heteroatoms. The number of esters is 3. The molecule has 0 bridgehead atoms. The van der Waals surface area contributed by atoms with Gasteiger partial charge in [-0.15, -0.1) is 0 Å². The lowest BCUT2D eigenvalue weighted by Gasteiger charge is -2.28. The number of alkyl carbamates (subject to hydrolysis) is 2. The van der Waals surface area contributed by atoms with E-state index in [1.165, 1.54) is 41.3 Å². The molecule has 3 rings (SSSR count). The Labute approximate surface area is 362 Å². The van der Waals surface area contributed by atoms with Gasteiger partial charge in [0.15, 0.2) is 0 Å². The zero-order valence-electron chi connectivity index (χ0n) is 37.1. The minimum absolute atomic E-state index is 0.0295. The third-order valence-electron chi connectivity index (χ3n) is 7.59. The topological polar surface area (TPSA) is 188 Å². The van der Waals surface area contributed by atoms with Crippen LogP contribution in [0.2, 0.25) is 5.02 Å². The molecule has 0 fully saturated rings. The summed E-state index contributed by atoms with van der Waals surface area (Å²) < 4.78 is 27.2. The summed E-state index contributed by atoms with van der Waals surface area (Å²) in [6.45, 7) is 21.7. The lowest BCUT2D eigenvalue weighted by molar-refractivity contribution is -0.159. The number of hydrogen-bond acceptors (Lipinski definition) is 12. The van der Waals surface area contributed by atoms with E-state index in [2.05, 4.69) is 15.6 Å². The Balaban J connectivity index is 1.80. The van der Waals surface area contributed by atoms with Crippen LogP contribution in [0.5, 0.6) is 5.75 Å². The SMILES string of the molecule is CC(C(=O)N(CC(=O)OC(C)(C)C)Cc1cccc(C(=O)OC(C)(C)C)c1)c1ccc(OC(=O)c2ccc(N=C(NC(=O)OC(C)(C)C)NC(=O)OC(C)(C)C)cc2)cc1Cl. The highest BCUT2D eigenvalue weighted by Gasteiger charge is 2.29. The number of nitrogens with zero attached hydrogens (tertiary/aromatic N) is 2. The zero-order valence-corrected chi connectivity index (χ0v) is 37.9. The molecule has 1 unspecified atom stereocenters. The second kappa shape index (κ2) is 20.1. The molecule has 1 atom stereocenters. The molecule has 2 N–H and O–H groups in total. The van der Waals surface area contributed by atoms with Crippen LogP contribution in [0.4, 0.5) is 15.3 Å². The predicted octanol–water partition coefficient (Wildman–Crippen LogP) is 9.03. The third-order valence-corrected chi connectivity index (χ3v) is 7.92. The van der Waals surface area contributed by atoms with E-state index in [0.29, 0.717) is 11.1 Å². The molecule has 0 aliphatic carbocycles. The number of benzene rings is 3. The molecule has 15 nitrogen and oxygen atoms in total. The number of rotatable bonds is 10. The van der Waals surface area contributed by atoms with Gasteiger partial charge in [-0.1, -0.05) is 29.8 Å². The van der Waals surface area contributed by atoms with Crippen molar-refractivity contribution >= 4 is 59.2 Å². The molecule has 3 aromatic rings. The van der Waals surface area contributed by atoms with Crippen LogP contribution in [-0.4, -0.2) is 75.8 Å². The molecule has 0 saturated heterocycles. The molecular weight excluding hydrogens is 808 g/mol. The van der Waals surface area contributed by atoms with Crippen LogP contribution in [-0.2, 0) is 35.1 Å². The molecule has 0 heterocycles. The first-order valence-corrected chi connectivity index (χ1v) is 19.9. The van der Waals surface area contributed by atoms with Crippen molar-refractivity contribution in [2.45, 2.75) is 125 Å². The van der Waals surface area contributed by atoms with Gasteiger partial charge in [0, 0.05) is 11.6 Å². The predicted molar refractivity (Wildman–Crippen MR) is 230 cm³/mol. The van der Waals surface area contributed by atoms with Crippen molar-refractivity contribution in [3.63, 3.8) is 0 Å². The van der Waals surface area contributed by atoms with Crippen molar-refractivity contribution in [3.05, 3.63) is 94.0 Å². The second-order valence-corrected chi connectivity index (χ2v) is 18.4. The van der Waals surface area contributed by atoms with Crippen LogP contribution >= 0.6 is 11.6 Å². The first-order valence-electron chi connectivity index (χ1n) is 19.5. The number of guanidine groups is 1. The fourth-order valence-electron chi connectivity index (χ4n) is 5.28. The number of aliphatic imine (C=N–C) groups is 1. The summed E-state index contributed by atoms with van der Waals surface area (Å²) in [5.41, 5.74) is -1.50. The fraction of sp³-hybridized carbons (Fsp3) is 0.444. The molecule has 0 aromatic heterocycles. The Kier molecular flexibility index (Phi) is 16.3. The quantitative estimate of drug-likeness (QED) is 0.0651. The number of carbonyl (C=O) groups is 6. The Morgan fingerprint density at radius 3 is 1.70 bits per heavy atom. The fourth-order valence-corrected chi connectivity index (χ4v) is 5.61. The van der Waals surface area contributed by atoms with E-state index in [0.717, 1.165) is 0 Å². The van der Waals surface area contributed by atoms with E-state index in [-0.39, 0.29) is 46.6 Å². The first-order chi connectivity index (χ1) is 28.0. The molecule has 330 valence electrons. The minimum atomic E-state index is -0.869. The maximum absolute atomic E-state index is 14.1. The van der Waals surface area contributed by atoms with Gasteiger partial charge in [-0.25, -0.2) is 24.2 Å². The number of carbonyl (C=O) groups excluding carboxylic acids is 6. The number of amides is 3. The van der Waals surface area contributed by atoms with Crippen molar-refractivity contribution in [3.8, 4) is 5.75 Å². The maximum Gasteiger partial charge on any atom is 0.414 e. The van der Waals surface area contributed by atoms with Gasteiger partial charge in [0.1, 0.15) is 34.7 Å². The van der Waals surface area contributed by atoms with Crippen LogP contribution in [0, 0.1) is 0 Å². The van der Waals surface area contributed by atoms with E-state index in [1.807, 2.05) is 0 Å². The van der Waals surface area contributed by atoms with Gasteiger partial charge < -0.3 is 28.6 Å². The Morgan fingerprint density at radius 2 is 1.20 bits per heavy atom. The van der Waals surface area contributed by atoms with Crippen molar-refractivity contribution in [2.24, 2.45) is 4.99 Å². The van der Waals surface area contributed by atoms with Crippen LogP contribution in [0.3, 0.4) is 0 Å². The number of hydrogen-bond donors (Lipinski definition) is 2. The van der Waals surface area contributed by atoms with Gasteiger partial charge in [0.05, 0.1) is 22.7 Å². The standard InChI is InChI=1S/C45H57ClN4O11/c1-27(36(52)50(26-35(51)58-42(2,3)4)25-28-15-14-16-30(23-28)38(54)59-43(5,6)7)33-22-21-32(24-34(33)46)57-37(53)29-17-19-31(20-18-29)47-39(48-40(55)60-44(8,9)10)49-41(56)61-45(11,12)13/h14-24,27H,25-26H2,1-13H3,(H2,47,48,49,55,56). The lowest BCUT2D eigenvalue weighted by Crippen LogP contribution is -2.47. The molecule has 0 aliphatic rings. The van der Waals surface area contributed by atoms with E-state index in [9.17, 15) is 28.8 Å². The second-order valence-electron chi connectivity index (χ2n) is 18.0. The van der Waals surface area contributed by atoms with E-state index in [4.69, 9.17) is 35.3 Å². The highest BCUT2D eigenvalue weighted by atomic mass is 35.5. The summed E-state index contributed by atoms with van der Waals surface area (Å²) in [6, 6.07) is 16.8. The number of nitrogens with one attached hydrogen (secondary N) is 2. The van der Waals surface area contributed by atoms with Crippen molar-refractivity contribution in [1.82, 2.24) is 15.5 Å². The monoisotopic (exact) mass is 864 g/mol. The molecule has 0 aliphatic heterocycles. The smallest absolute Gasteiger partial charge is 0.414 e. The highest BCUT2D eigenvalue weighted by Crippen LogP contribution is 2.31. The molecular formula is C45H57ClN4O11. The van der Waals surface area contributed by atoms with Crippen LogP contribution in [0.15, 0.2) is 71.7 Å². The van der Waals surface area contributed by atoms with Crippen molar-refractivity contribution in [1.29, 1.82) is 0 Å². The van der Waals surface area contributed by atoms with Crippen molar-refractivity contribution in [2.75, 3.05) is 6.54 Å². The Morgan fingerprint density at radius 1 is 0.656 bits per heavy atom. The van der Waals surface area contributed by atoms with Crippen LogP contribution in [0.25, 0.3) is 0 Å². The largest absolute Gasteiger partial charge is 0.459 e.